The van der Waals surface area contributed by atoms with Crippen LogP contribution in [0, 0.1) is 0 Å². The average molecular weight is 569 g/mol. The molecule has 2 saturated carbocycles. The van der Waals surface area contributed by atoms with Crippen LogP contribution in [0.2, 0.25) is 10.0 Å². The van der Waals surface area contributed by atoms with Crippen molar-refractivity contribution in [1.82, 2.24) is 10.1 Å². The maximum Gasteiger partial charge on any atom is 0.249 e. The van der Waals surface area contributed by atoms with Gasteiger partial charge in [0.25, 0.3) is 0 Å². The molecular formula is C25H22Cl2F2N3O4S-. The molecule has 0 spiro atoms. The van der Waals surface area contributed by atoms with Gasteiger partial charge in [-0.3, -0.25) is 9.00 Å². The first kappa shape index (κ1) is 26.2. The van der Waals surface area contributed by atoms with Gasteiger partial charge in [-0.1, -0.05) is 52.6 Å². The normalized spacial score (nSPS) is 19.6. The van der Waals surface area contributed by atoms with Crippen molar-refractivity contribution in [2.75, 3.05) is 5.32 Å². The highest BCUT2D eigenvalue weighted by Crippen LogP contribution is 2.57. The number of hydrogen-bond donors (Lipinski definition) is 1. The van der Waals surface area contributed by atoms with Gasteiger partial charge in [-0.25, -0.2) is 8.78 Å². The van der Waals surface area contributed by atoms with Crippen molar-refractivity contribution in [3.63, 3.8) is 0 Å². The van der Waals surface area contributed by atoms with Crippen LogP contribution >= 0.6 is 23.2 Å². The Morgan fingerprint density at radius 1 is 1.22 bits per heavy atom. The predicted octanol–water partition coefficient (Wildman–Crippen LogP) is 6.09. The van der Waals surface area contributed by atoms with Gasteiger partial charge in [0.15, 0.2) is 5.82 Å². The first-order chi connectivity index (χ1) is 17.5. The zero-order valence-corrected chi connectivity index (χ0v) is 21.9. The summed E-state index contributed by atoms with van der Waals surface area (Å²) in [5, 5.41) is 6.85. The van der Waals surface area contributed by atoms with Crippen molar-refractivity contribution in [3.8, 4) is 0 Å². The van der Waals surface area contributed by atoms with E-state index in [2.05, 4.69) is 15.5 Å². The summed E-state index contributed by atoms with van der Waals surface area (Å²) in [5.74, 6) is -2.87. The molecule has 2 aliphatic carbocycles. The molecule has 1 heterocycles. The summed E-state index contributed by atoms with van der Waals surface area (Å²) in [5.41, 5.74) is 1.72. The largest absolute Gasteiger partial charge is 0.772 e. The maximum absolute atomic E-state index is 13.2. The van der Waals surface area contributed by atoms with E-state index in [-0.39, 0.29) is 31.1 Å². The quantitative estimate of drug-likeness (QED) is 0.329. The third kappa shape index (κ3) is 5.30. The van der Waals surface area contributed by atoms with Gasteiger partial charge in [0, 0.05) is 45.3 Å². The third-order valence-corrected chi connectivity index (χ3v) is 8.41. The van der Waals surface area contributed by atoms with Crippen LogP contribution in [0.15, 0.2) is 40.9 Å². The standard InChI is InChI=1S/C25H23Cl2F2N3O4S/c1-13(37(34)35)15-4-2-14(3-5-15)8-20(33)30-17-9-18(26)21(19(27)10-17)24(6-7-24)23-31-22(36-32-23)16-11-25(28,29)12-16/h2-5,9-10,13,16H,6-8,11-12H2,1H3,(H,30,33)(H,34,35)/p-1. The number of halogens is 4. The van der Waals surface area contributed by atoms with Crippen molar-refractivity contribution in [3.05, 3.63) is 74.8 Å². The molecule has 0 saturated heterocycles. The number of alkyl halides is 2. The van der Waals surface area contributed by atoms with E-state index in [0.29, 0.717) is 51.1 Å². The number of nitrogens with zero attached hydrogens (tertiary/aromatic N) is 2. The fourth-order valence-corrected chi connectivity index (χ4v) is 5.88. The fraction of sp³-hybridized carbons (Fsp3) is 0.400. The molecule has 2 unspecified atom stereocenters. The number of carbonyl (C=O) groups is 1. The zero-order valence-electron chi connectivity index (χ0n) is 19.6. The Hall–Kier alpha value is -2.40. The lowest BCUT2D eigenvalue weighted by molar-refractivity contribution is -0.115. The van der Waals surface area contributed by atoms with Crippen molar-refractivity contribution < 1.29 is 26.9 Å². The highest BCUT2D eigenvalue weighted by atomic mass is 35.5. The van der Waals surface area contributed by atoms with Crippen molar-refractivity contribution in [2.45, 2.75) is 61.5 Å². The van der Waals surface area contributed by atoms with Crippen LogP contribution in [0.25, 0.3) is 0 Å². The molecule has 1 aromatic heterocycles. The van der Waals surface area contributed by atoms with Gasteiger partial charge in [0.1, 0.15) is 0 Å². The second-order valence-corrected chi connectivity index (χ2v) is 11.7. The third-order valence-electron chi connectivity index (χ3n) is 6.97. The molecule has 2 fully saturated rings. The van der Waals surface area contributed by atoms with Gasteiger partial charge in [-0.2, -0.15) is 4.98 Å². The second-order valence-electron chi connectivity index (χ2n) is 9.68. The lowest BCUT2D eigenvalue weighted by atomic mass is 9.81. The van der Waals surface area contributed by atoms with Crippen LogP contribution in [0.3, 0.4) is 0 Å². The molecule has 7 nitrogen and oxygen atoms in total. The summed E-state index contributed by atoms with van der Waals surface area (Å²) in [6, 6.07) is 9.98. The molecular weight excluding hydrogens is 547 g/mol. The first-order valence-electron chi connectivity index (χ1n) is 11.7. The number of anilines is 1. The van der Waals surface area contributed by atoms with Gasteiger partial charge in [-0.05, 0) is 54.1 Å². The van der Waals surface area contributed by atoms with Crippen molar-refractivity contribution in [2.24, 2.45) is 0 Å². The highest BCUT2D eigenvalue weighted by Gasteiger charge is 2.54. The molecule has 2 aliphatic rings. The molecule has 0 radical (unpaired) electrons. The Bertz CT molecular complexity index is 1350. The van der Waals surface area contributed by atoms with Gasteiger partial charge < -0.3 is 14.4 Å². The SMILES string of the molecule is CC(c1ccc(CC(=O)Nc2cc(Cl)c(C3(c4noc(C5CC(F)(F)C5)n4)CC3)c(Cl)c2)cc1)S(=O)[O-]. The number of carbonyl (C=O) groups excluding carboxylic acids is 1. The van der Waals surface area contributed by atoms with E-state index < -0.39 is 33.6 Å². The van der Waals surface area contributed by atoms with Gasteiger partial charge in [0.2, 0.25) is 17.7 Å². The molecule has 37 heavy (non-hydrogen) atoms. The average Bonchev–Trinajstić information content (AvgIpc) is 3.43. The lowest BCUT2D eigenvalue weighted by Crippen LogP contribution is -2.33. The fourth-order valence-electron chi connectivity index (χ4n) is 4.65. The summed E-state index contributed by atoms with van der Waals surface area (Å²) in [4.78, 5) is 17.0. The second kappa shape index (κ2) is 9.72. The molecule has 2 aromatic carbocycles. The number of aromatic nitrogens is 2. The molecule has 0 bridgehead atoms. The first-order valence-corrected chi connectivity index (χ1v) is 13.5. The molecule has 1 amide bonds. The van der Waals surface area contributed by atoms with E-state index in [1.165, 1.54) is 0 Å². The van der Waals surface area contributed by atoms with Crippen LogP contribution in [0.4, 0.5) is 14.5 Å². The molecule has 0 aliphatic heterocycles. The van der Waals surface area contributed by atoms with E-state index in [0.717, 1.165) is 0 Å². The molecule has 2 atom stereocenters. The topological polar surface area (TPSA) is 108 Å². The molecule has 1 N–H and O–H groups in total. The van der Waals surface area contributed by atoms with E-state index >= 15 is 0 Å². The number of benzene rings is 2. The Kier molecular flexibility index (Phi) is 6.89. The number of amides is 1. The minimum Gasteiger partial charge on any atom is -0.772 e. The van der Waals surface area contributed by atoms with Crippen molar-refractivity contribution >= 4 is 45.9 Å². The number of nitrogens with one attached hydrogen (secondary N) is 1. The minimum absolute atomic E-state index is 0.0713. The number of rotatable bonds is 8. The van der Waals surface area contributed by atoms with Gasteiger partial charge in [-0.15, -0.1) is 0 Å². The number of hydrogen-bond acceptors (Lipinski definition) is 6. The smallest absolute Gasteiger partial charge is 0.249 e. The highest BCUT2D eigenvalue weighted by molar-refractivity contribution is 7.79. The maximum atomic E-state index is 13.2. The van der Waals surface area contributed by atoms with Crippen molar-refractivity contribution in [1.29, 1.82) is 0 Å². The zero-order chi connectivity index (χ0) is 26.5. The molecule has 3 aromatic rings. The molecule has 196 valence electrons. The molecule has 5 rings (SSSR count). The van der Waals surface area contributed by atoms with E-state index in [1.807, 2.05) is 0 Å². The van der Waals surface area contributed by atoms with Crippen LogP contribution in [-0.2, 0) is 27.7 Å². The van der Waals surface area contributed by atoms with Crippen LogP contribution < -0.4 is 5.32 Å². The lowest BCUT2D eigenvalue weighted by Gasteiger charge is -2.32. The van der Waals surface area contributed by atoms with E-state index in [9.17, 15) is 22.3 Å². The summed E-state index contributed by atoms with van der Waals surface area (Å²) in [6.45, 7) is 1.58. The van der Waals surface area contributed by atoms with Gasteiger partial charge >= 0.3 is 0 Å². The summed E-state index contributed by atoms with van der Waals surface area (Å²) >= 11 is 11.0. The van der Waals surface area contributed by atoms with Gasteiger partial charge in [0.05, 0.1) is 11.8 Å². The van der Waals surface area contributed by atoms with Crippen LogP contribution in [-0.4, -0.2) is 30.7 Å². The Morgan fingerprint density at radius 3 is 2.38 bits per heavy atom. The van der Waals surface area contributed by atoms with Crippen LogP contribution in [0.1, 0.15) is 72.2 Å². The van der Waals surface area contributed by atoms with E-state index in [1.54, 1.807) is 43.3 Å². The van der Waals surface area contributed by atoms with Crippen LogP contribution in [0.5, 0.6) is 0 Å². The summed E-state index contributed by atoms with van der Waals surface area (Å²) < 4.78 is 54.0. The Labute approximate surface area is 224 Å². The van der Waals surface area contributed by atoms with E-state index in [4.69, 9.17) is 27.7 Å². The summed E-state index contributed by atoms with van der Waals surface area (Å²) in [7, 11) is 0. The molecule has 12 heteroatoms. The summed E-state index contributed by atoms with van der Waals surface area (Å²) in [6.07, 6.45) is 0.810. The minimum atomic E-state index is -2.69. The Balaban J connectivity index is 1.28. The Morgan fingerprint density at radius 2 is 1.84 bits per heavy atom. The monoisotopic (exact) mass is 568 g/mol. The predicted molar refractivity (Wildman–Crippen MR) is 134 cm³/mol.